The maximum atomic E-state index is 12.1. The molecule has 2 rings (SSSR count). The van der Waals surface area contributed by atoms with Crippen LogP contribution in [0.5, 0.6) is 11.5 Å². The summed E-state index contributed by atoms with van der Waals surface area (Å²) in [6, 6.07) is 4.62. The van der Waals surface area contributed by atoms with Crippen LogP contribution in [0, 0.1) is 0 Å². The van der Waals surface area contributed by atoms with Gasteiger partial charge < -0.3 is 14.4 Å². The van der Waals surface area contributed by atoms with Gasteiger partial charge in [-0.25, -0.2) is 0 Å². The van der Waals surface area contributed by atoms with E-state index in [2.05, 4.69) is 10.1 Å². The predicted octanol–water partition coefficient (Wildman–Crippen LogP) is 2.95. The highest BCUT2D eigenvalue weighted by atomic mass is 19.4. The molecule has 0 saturated heterocycles. The van der Waals surface area contributed by atoms with Crippen LogP contribution in [-0.2, 0) is 6.42 Å². The number of benzene rings is 1. The van der Waals surface area contributed by atoms with Gasteiger partial charge in [-0.3, -0.25) is 0 Å². The molecule has 20 heavy (non-hydrogen) atoms. The second-order valence-corrected chi connectivity index (χ2v) is 3.99. The number of nitrogens with zero attached hydrogens (tertiary/aromatic N) is 2. The quantitative estimate of drug-likeness (QED) is 0.936. The minimum Gasteiger partial charge on any atom is -0.504 e. The molecule has 0 fully saturated rings. The van der Waals surface area contributed by atoms with Crippen LogP contribution in [0.15, 0.2) is 22.7 Å². The van der Waals surface area contributed by atoms with Gasteiger partial charge in [-0.2, -0.15) is 18.2 Å². The Hall–Kier alpha value is -2.25. The number of aromatic hydroxyl groups is 1. The first-order valence-electron chi connectivity index (χ1n) is 5.66. The van der Waals surface area contributed by atoms with Crippen molar-refractivity contribution in [2.24, 2.45) is 0 Å². The van der Waals surface area contributed by atoms with Gasteiger partial charge in [0.05, 0.1) is 19.1 Å². The van der Waals surface area contributed by atoms with Crippen molar-refractivity contribution in [2.75, 3.05) is 7.11 Å². The van der Waals surface area contributed by atoms with Gasteiger partial charge in [-0.15, -0.1) is 0 Å². The SMILES string of the molecule is COc1cccc(-c2nc(CCC(F)(F)F)no2)c1O. The number of halogens is 3. The number of hydrogen-bond acceptors (Lipinski definition) is 5. The molecule has 0 aliphatic carbocycles. The summed E-state index contributed by atoms with van der Waals surface area (Å²) in [4.78, 5) is 3.83. The largest absolute Gasteiger partial charge is 0.504 e. The van der Waals surface area contributed by atoms with Crippen LogP contribution in [0.4, 0.5) is 13.2 Å². The van der Waals surface area contributed by atoms with Crippen molar-refractivity contribution in [3.05, 3.63) is 24.0 Å². The molecule has 0 atom stereocenters. The summed E-state index contributed by atoms with van der Waals surface area (Å²) in [5.41, 5.74) is 0.204. The lowest BCUT2D eigenvalue weighted by molar-refractivity contribution is -0.134. The van der Waals surface area contributed by atoms with Crippen LogP contribution in [0.1, 0.15) is 12.2 Å². The highest BCUT2D eigenvalue weighted by molar-refractivity contribution is 5.66. The fourth-order valence-corrected chi connectivity index (χ4v) is 1.58. The third-order valence-electron chi connectivity index (χ3n) is 2.55. The summed E-state index contributed by atoms with van der Waals surface area (Å²) >= 11 is 0. The van der Waals surface area contributed by atoms with Crippen LogP contribution in [0.3, 0.4) is 0 Å². The van der Waals surface area contributed by atoms with E-state index >= 15 is 0 Å². The van der Waals surface area contributed by atoms with Gasteiger partial charge in [-0.05, 0) is 12.1 Å². The van der Waals surface area contributed by atoms with Crippen LogP contribution < -0.4 is 4.74 Å². The molecule has 0 saturated carbocycles. The van der Waals surface area contributed by atoms with E-state index in [4.69, 9.17) is 9.26 Å². The van der Waals surface area contributed by atoms with Crippen molar-refractivity contribution in [1.29, 1.82) is 0 Å². The molecule has 1 heterocycles. The highest BCUT2D eigenvalue weighted by Gasteiger charge is 2.28. The van der Waals surface area contributed by atoms with Crippen molar-refractivity contribution < 1.29 is 27.5 Å². The normalized spacial score (nSPS) is 11.6. The van der Waals surface area contributed by atoms with Crippen LogP contribution >= 0.6 is 0 Å². The van der Waals surface area contributed by atoms with E-state index in [9.17, 15) is 18.3 Å². The lowest BCUT2D eigenvalue weighted by Crippen LogP contribution is -2.09. The van der Waals surface area contributed by atoms with Crippen LogP contribution in [0.2, 0.25) is 0 Å². The zero-order chi connectivity index (χ0) is 14.8. The summed E-state index contributed by atoms with van der Waals surface area (Å²) in [6.07, 6.45) is -5.69. The summed E-state index contributed by atoms with van der Waals surface area (Å²) < 4.78 is 46.0. The maximum Gasteiger partial charge on any atom is 0.389 e. The lowest BCUT2D eigenvalue weighted by Gasteiger charge is -2.04. The summed E-state index contributed by atoms with van der Waals surface area (Å²) in [5.74, 6) is -0.128. The third-order valence-corrected chi connectivity index (χ3v) is 2.55. The Morgan fingerprint density at radius 3 is 2.75 bits per heavy atom. The third kappa shape index (κ3) is 3.19. The number of phenolic OH excluding ortho intramolecular Hbond substituents is 1. The molecule has 0 radical (unpaired) electrons. The molecular formula is C12H11F3N2O3. The number of hydrogen-bond donors (Lipinski definition) is 1. The predicted molar refractivity (Wildman–Crippen MR) is 62.3 cm³/mol. The Morgan fingerprint density at radius 2 is 2.10 bits per heavy atom. The van der Waals surface area contributed by atoms with Gasteiger partial charge in [-0.1, -0.05) is 11.2 Å². The average molecular weight is 288 g/mol. The Bertz CT molecular complexity index is 596. The second kappa shape index (κ2) is 5.40. The van der Waals surface area contributed by atoms with Crippen molar-refractivity contribution in [2.45, 2.75) is 19.0 Å². The molecule has 1 N–H and O–H groups in total. The molecule has 0 amide bonds. The van der Waals surface area contributed by atoms with E-state index < -0.39 is 12.6 Å². The average Bonchev–Trinajstić information content (AvgIpc) is 2.84. The van der Waals surface area contributed by atoms with Crippen molar-refractivity contribution in [3.8, 4) is 23.0 Å². The van der Waals surface area contributed by atoms with Crippen molar-refractivity contribution in [3.63, 3.8) is 0 Å². The first kappa shape index (κ1) is 14.2. The number of aryl methyl sites for hydroxylation is 1. The minimum absolute atomic E-state index is 0.0569. The van der Waals surface area contributed by atoms with E-state index in [1.54, 1.807) is 6.07 Å². The molecule has 0 aliphatic heterocycles. The fourth-order valence-electron chi connectivity index (χ4n) is 1.58. The van der Waals surface area contributed by atoms with Gasteiger partial charge in [0.15, 0.2) is 17.3 Å². The second-order valence-electron chi connectivity index (χ2n) is 3.99. The van der Waals surface area contributed by atoms with Gasteiger partial charge in [0.25, 0.3) is 5.89 Å². The number of aromatic nitrogens is 2. The van der Waals surface area contributed by atoms with Gasteiger partial charge in [0.2, 0.25) is 0 Å². The minimum atomic E-state index is -4.28. The molecular weight excluding hydrogens is 277 g/mol. The first-order chi connectivity index (χ1) is 9.40. The number of ether oxygens (including phenoxy) is 1. The Morgan fingerprint density at radius 1 is 1.35 bits per heavy atom. The maximum absolute atomic E-state index is 12.1. The summed E-state index contributed by atoms with van der Waals surface area (Å²) in [7, 11) is 1.38. The topological polar surface area (TPSA) is 68.4 Å². The Labute approximate surface area is 112 Å². The number of rotatable bonds is 4. The highest BCUT2D eigenvalue weighted by Crippen LogP contribution is 2.36. The van der Waals surface area contributed by atoms with E-state index in [-0.39, 0.29) is 35.2 Å². The van der Waals surface area contributed by atoms with Gasteiger partial charge >= 0.3 is 6.18 Å². The zero-order valence-electron chi connectivity index (χ0n) is 10.4. The van der Waals surface area contributed by atoms with Crippen molar-refractivity contribution >= 4 is 0 Å². The number of alkyl halides is 3. The van der Waals surface area contributed by atoms with E-state index in [0.29, 0.717) is 0 Å². The Balaban J connectivity index is 2.21. The Kier molecular flexibility index (Phi) is 3.82. The summed E-state index contributed by atoms with van der Waals surface area (Å²) in [6.45, 7) is 0. The van der Waals surface area contributed by atoms with Crippen LogP contribution in [-0.4, -0.2) is 28.5 Å². The first-order valence-corrected chi connectivity index (χ1v) is 5.66. The van der Waals surface area contributed by atoms with E-state index in [1.807, 2.05) is 0 Å². The molecule has 0 unspecified atom stereocenters. The number of phenols is 1. The smallest absolute Gasteiger partial charge is 0.389 e. The fraction of sp³-hybridized carbons (Fsp3) is 0.333. The molecule has 5 nitrogen and oxygen atoms in total. The molecule has 0 aliphatic rings. The lowest BCUT2D eigenvalue weighted by atomic mass is 10.2. The molecule has 108 valence electrons. The molecule has 0 bridgehead atoms. The number of para-hydroxylation sites is 1. The van der Waals surface area contributed by atoms with Gasteiger partial charge in [0, 0.05) is 6.42 Å². The van der Waals surface area contributed by atoms with Gasteiger partial charge in [0.1, 0.15) is 0 Å². The molecule has 8 heteroatoms. The zero-order valence-corrected chi connectivity index (χ0v) is 10.4. The standard InChI is InChI=1S/C12H11F3N2O3/c1-19-8-4-2-3-7(10(8)18)11-16-9(17-20-11)5-6-12(13,14)15/h2-4,18H,5-6H2,1H3. The monoisotopic (exact) mass is 288 g/mol. The van der Waals surface area contributed by atoms with Crippen LogP contribution in [0.25, 0.3) is 11.5 Å². The van der Waals surface area contributed by atoms with Crippen molar-refractivity contribution in [1.82, 2.24) is 10.1 Å². The molecule has 2 aromatic rings. The molecule has 1 aromatic carbocycles. The van der Waals surface area contributed by atoms with E-state index in [0.717, 1.165) is 0 Å². The van der Waals surface area contributed by atoms with E-state index in [1.165, 1.54) is 19.2 Å². The summed E-state index contributed by atoms with van der Waals surface area (Å²) in [5, 5.41) is 13.3. The molecule has 0 spiro atoms. The molecule has 1 aromatic heterocycles. The number of methoxy groups -OCH3 is 1.